The molecule has 21 aromatic carbocycles. The molecule has 127 heavy (non-hydrogen) atoms. The van der Waals surface area contributed by atoms with Crippen LogP contribution >= 0.6 is 0 Å². The van der Waals surface area contributed by atoms with Gasteiger partial charge >= 0.3 is 0 Å². The van der Waals surface area contributed by atoms with Crippen molar-refractivity contribution in [2.24, 2.45) is 0 Å². The van der Waals surface area contributed by atoms with E-state index in [2.05, 4.69) is 434 Å². The van der Waals surface area contributed by atoms with E-state index >= 15 is 0 Å². The van der Waals surface area contributed by atoms with E-state index in [4.69, 9.17) is 23.4 Å². The van der Waals surface area contributed by atoms with E-state index in [9.17, 15) is 0 Å². The number of furan rings is 1. The van der Waals surface area contributed by atoms with Gasteiger partial charge in [0.1, 0.15) is 57.2 Å². The van der Waals surface area contributed by atoms with E-state index in [0.717, 1.165) is 223 Å². The summed E-state index contributed by atoms with van der Waals surface area (Å²) in [4.78, 5) is 4.63. The number of ether oxygens (including phenoxy) is 4. The fraction of sp³-hybridized carbons (Fsp3) is 0. The molecule has 22 aromatic rings. The molecule has 0 unspecified atom stereocenters. The lowest BCUT2D eigenvalue weighted by molar-refractivity contribution is 0.464. The van der Waals surface area contributed by atoms with Crippen LogP contribution in [-0.4, -0.2) is 13.4 Å². The molecule has 0 radical (unpaired) electrons. The first kappa shape index (κ1) is 72.1. The van der Waals surface area contributed by atoms with Crippen LogP contribution in [0.3, 0.4) is 0 Å². The van der Waals surface area contributed by atoms with Gasteiger partial charge in [0.25, 0.3) is 13.4 Å². The van der Waals surface area contributed by atoms with Gasteiger partial charge in [-0.15, -0.1) is 0 Å². The number of nitrogens with zero attached hydrogens (tertiary/aromatic N) is 2. The summed E-state index contributed by atoms with van der Waals surface area (Å²) in [6.45, 7) is -0.392. The van der Waals surface area contributed by atoms with Crippen molar-refractivity contribution in [1.82, 2.24) is 0 Å². The molecule has 0 saturated carbocycles. The van der Waals surface area contributed by atoms with Crippen molar-refractivity contribution in [1.29, 1.82) is 0 Å². The largest absolute Gasteiger partial charge is 0.458 e. The number of hydrogen-bond acceptors (Lipinski definition) is 7. The van der Waals surface area contributed by atoms with E-state index in [1.165, 1.54) is 32.3 Å². The zero-order valence-corrected chi connectivity index (χ0v) is 68.7. The molecule has 0 fully saturated rings. The number of fused-ring (bicyclic) bond motifs is 15. The molecule has 4 aliphatic heterocycles. The Balaban J connectivity index is 0.575. The highest BCUT2D eigenvalue weighted by molar-refractivity contribution is 6.99. The maximum Gasteiger partial charge on any atom is 0.260 e. The molecule has 5 heterocycles. The van der Waals surface area contributed by atoms with Gasteiger partial charge in [0.05, 0.1) is 11.4 Å². The van der Waals surface area contributed by atoms with Crippen molar-refractivity contribution < 1.29 is 23.4 Å². The standard InChI is InChI=1S/C118H72B2N2O5/c1-3-21-73(22-4-1)74-43-51-88(52-44-74)121(91-69-113-117-114(70-91)125-110-65-83(97-40-19-28-77-24-8-12-35-94(77)97)48-57-104(110)119(117)103-56-47-82(64-109(103)124-113)96-39-18-27-76-23-7-11-34-93(76)96)89-53-45-75(46-54-89)79-30-17-31-80(61-79)86-62-81-26-10-14-37-99(81)101(63-86)85-50-59-106-112(67-85)127-116-72-92(122(87-32-5-2-6-33-87)90-55-60-108-102(68-90)100-38-15-16-42-107(100)123-108)71-115-118(116)120(106)105-58-49-84(66-111(105)126-115)98-41-20-29-78-25-9-13-36-95(78)98/h1-72H. The lowest BCUT2D eigenvalue weighted by Crippen LogP contribution is -2.57. The van der Waals surface area contributed by atoms with Crippen LogP contribution in [0.2, 0.25) is 0 Å². The van der Waals surface area contributed by atoms with Crippen LogP contribution in [0.1, 0.15) is 0 Å². The number of rotatable bonds is 13. The summed E-state index contributed by atoms with van der Waals surface area (Å²) in [6.07, 6.45) is 0. The van der Waals surface area contributed by atoms with Crippen LogP contribution in [-0.2, 0) is 0 Å². The smallest absolute Gasteiger partial charge is 0.260 e. The van der Waals surface area contributed by atoms with Crippen LogP contribution in [0.5, 0.6) is 46.0 Å². The van der Waals surface area contributed by atoms with Crippen LogP contribution in [0.4, 0.5) is 34.1 Å². The Morgan fingerprint density at radius 1 is 0.165 bits per heavy atom. The van der Waals surface area contributed by atoms with Crippen molar-refractivity contribution in [3.05, 3.63) is 437 Å². The predicted octanol–water partition coefficient (Wildman–Crippen LogP) is 28.3. The lowest BCUT2D eigenvalue weighted by atomic mass is 9.34. The summed E-state index contributed by atoms with van der Waals surface area (Å²) in [5.41, 5.74) is 29.2. The fourth-order valence-corrected chi connectivity index (χ4v) is 20.5. The zero-order chi connectivity index (χ0) is 83.3. The summed E-state index contributed by atoms with van der Waals surface area (Å²) in [6, 6.07) is 158. The zero-order valence-electron chi connectivity index (χ0n) is 68.7. The summed E-state index contributed by atoms with van der Waals surface area (Å²) in [5.74, 6) is 6.20. The molecule has 590 valence electrons. The SMILES string of the molecule is c1ccc(-c2ccc(N(c3ccc(-c4cccc(-c5cc(-c6ccc7c(c6)Oc6cc(N(c8ccccc8)c8ccc9oc%10ccccc%10c9c8)cc8c6B7c6ccc(-c7cccc9ccccc79)cc6O8)c6ccccc6c5)c4)cc3)c3cc4c5c(c3)Oc3cc(-c6cccc7ccccc67)ccc3B5c3ccc(-c5cccc6ccccc56)cc3O4)cc2)cc1. The van der Waals surface area contributed by atoms with Gasteiger partial charge in [-0.05, 0) is 246 Å². The Bertz CT molecular complexity index is 8150. The summed E-state index contributed by atoms with van der Waals surface area (Å²) >= 11 is 0. The second kappa shape index (κ2) is 29.0. The third-order valence-corrected chi connectivity index (χ3v) is 26.4. The Hall–Kier alpha value is -16.6. The van der Waals surface area contributed by atoms with Crippen LogP contribution in [0.15, 0.2) is 441 Å². The summed E-state index contributed by atoms with van der Waals surface area (Å²) in [7, 11) is 0. The number of para-hydroxylation sites is 2. The minimum absolute atomic E-state index is 0.178. The number of anilines is 6. The molecular weight excluding hydrogens is 1550 g/mol. The molecule has 26 rings (SSSR count). The number of hydrogen-bond donors (Lipinski definition) is 0. The minimum Gasteiger partial charge on any atom is -0.458 e. The maximum atomic E-state index is 7.49. The highest BCUT2D eigenvalue weighted by Gasteiger charge is 2.44. The molecule has 0 atom stereocenters. The molecule has 9 heteroatoms. The average Bonchev–Trinajstić information content (AvgIpc) is 0.852. The molecule has 7 nitrogen and oxygen atoms in total. The normalized spacial score (nSPS) is 12.5. The first-order chi connectivity index (χ1) is 62.9. The van der Waals surface area contributed by atoms with Crippen LogP contribution < -0.4 is 61.5 Å². The highest BCUT2D eigenvalue weighted by Crippen LogP contribution is 2.50. The van der Waals surface area contributed by atoms with Gasteiger partial charge in [0.2, 0.25) is 0 Å². The quantitative estimate of drug-likeness (QED) is 0.107. The molecule has 0 spiro atoms. The van der Waals surface area contributed by atoms with Crippen molar-refractivity contribution in [2.45, 2.75) is 0 Å². The molecule has 0 bridgehead atoms. The Morgan fingerprint density at radius 3 is 0.976 bits per heavy atom. The second-order valence-electron chi connectivity index (χ2n) is 33.6. The second-order valence-corrected chi connectivity index (χ2v) is 33.6. The molecular formula is C118H72B2N2O5. The van der Waals surface area contributed by atoms with Gasteiger partial charge in [0, 0.05) is 68.7 Å². The van der Waals surface area contributed by atoms with E-state index < -0.39 is 0 Å². The monoisotopic (exact) mass is 1620 g/mol. The van der Waals surface area contributed by atoms with Gasteiger partial charge in [0.15, 0.2) is 0 Å². The van der Waals surface area contributed by atoms with Gasteiger partial charge in [-0.1, -0.05) is 309 Å². The summed E-state index contributed by atoms with van der Waals surface area (Å²) in [5, 5.41) is 11.5. The summed E-state index contributed by atoms with van der Waals surface area (Å²) < 4.78 is 36.0. The third-order valence-electron chi connectivity index (χ3n) is 26.4. The lowest BCUT2D eigenvalue weighted by Gasteiger charge is -2.35. The van der Waals surface area contributed by atoms with E-state index in [-0.39, 0.29) is 13.4 Å². The van der Waals surface area contributed by atoms with Crippen molar-refractivity contribution >= 4 is 145 Å². The fourth-order valence-electron chi connectivity index (χ4n) is 20.5. The topological polar surface area (TPSA) is 56.5 Å². The first-order valence-corrected chi connectivity index (χ1v) is 43.4. The molecule has 1 aromatic heterocycles. The molecule has 0 saturated heterocycles. The maximum absolute atomic E-state index is 7.49. The highest BCUT2D eigenvalue weighted by atomic mass is 16.5. The van der Waals surface area contributed by atoms with Crippen LogP contribution in [0, 0.1) is 0 Å². The Kier molecular flexibility index (Phi) is 16.5. The minimum atomic E-state index is -0.213. The van der Waals surface area contributed by atoms with Gasteiger partial charge < -0.3 is 33.2 Å². The van der Waals surface area contributed by atoms with Gasteiger partial charge in [-0.3, -0.25) is 0 Å². The predicted molar refractivity (Wildman–Crippen MR) is 527 cm³/mol. The first-order valence-electron chi connectivity index (χ1n) is 43.4. The molecule has 4 aliphatic rings. The van der Waals surface area contributed by atoms with E-state index in [0.29, 0.717) is 0 Å². The Labute approximate surface area is 734 Å². The van der Waals surface area contributed by atoms with Crippen molar-refractivity contribution in [2.75, 3.05) is 9.80 Å². The van der Waals surface area contributed by atoms with Gasteiger partial charge in [-0.25, -0.2) is 0 Å². The number of benzene rings is 21. The Morgan fingerprint density at radius 2 is 0.496 bits per heavy atom. The van der Waals surface area contributed by atoms with Crippen molar-refractivity contribution in [3.8, 4) is 124 Å². The van der Waals surface area contributed by atoms with E-state index in [1.807, 2.05) is 12.1 Å². The van der Waals surface area contributed by atoms with Gasteiger partial charge in [-0.2, -0.15) is 0 Å². The molecule has 0 N–H and O–H groups in total. The molecule has 0 amide bonds. The van der Waals surface area contributed by atoms with Crippen LogP contribution in [0.25, 0.3) is 143 Å². The van der Waals surface area contributed by atoms with Crippen molar-refractivity contribution in [3.63, 3.8) is 0 Å². The van der Waals surface area contributed by atoms with E-state index in [1.54, 1.807) is 0 Å². The molecule has 0 aliphatic carbocycles. The third kappa shape index (κ3) is 12.1. The average molecular weight is 1620 g/mol.